The molecule has 0 unspecified atom stereocenters. The molecule has 0 N–H and O–H groups in total. The van der Waals surface area contributed by atoms with Crippen LogP contribution < -0.4 is 0 Å². The van der Waals surface area contributed by atoms with Crippen molar-refractivity contribution in [3.63, 3.8) is 0 Å². The molecule has 28 heavy (non-hydrogen) atoms. The number of β-lactam (4-membered cyclic amide) rings is 8. The largest absolute Gasteiger partial charge is 0.592 e. The van der Waals surface area contributed by atoms with E-state index in [0.29, 0.717) is 14.7 Å². The molecule has 0 bridgehead atoms. The molecule has 4 aliphatic heterocycles. The number of amides is 8. The maximum Gasteiger partial charge on any atom is 0.285 e. The van der Waals surface area contributed by atoms with Gasteiger partial charge < -0.3 is 22.3 Å². The molecule has 15 heteroatoms. The zero-order chi connectivity index (χ0) is 17.8. The fourth-order valence-electron chi connectivity index (χ4n) is 3.13. The summed E-state index contributed by atoms with van der Waals surface area (Å²) >= 11 is 0. The molecule has 0 aliphatic carbocycles. The Labute approximate surface area is 232 Å². The maximum atomic E-state index is 12.0. The summed E-state index contributed by atoms with van der Waals surface area (Å²) in [5.74, 6) is -9.05. The third kappa shape index (κ3) is 2.51. The Balaban J connectivity index is 0.00000182. The minimum atomic E-state index is -2.48. The van der Waals surface area contributed by atoms with Gasteiger partial charge >= 0.3 is 0 Å². The zero-order valence-corrected chi connectivity index (χ0v) is 23.0. The van der Waals surface area contributed by atoms with Gasteiger partial charge in [-0.3, -0.25) is 43.5 Å². The van der Waals surface area contributed by atoms with E-state index in [2.05, 4.69) is 5.32 Å². The topological polar surface area (TPSA) is 160 Å². The van der Waals surface area contributed by atoms with Gasteiger partial charge in [0.15, 0.2) is 0 Å². The van der Waals surface area contributed by atoms with Crippen LogP contribution in [0, 0.1) is 18.3 Å². The first-order valence-corrected chi connectivity index (χ1v) is 6.50. The van der Waals surface area contributed by atoms with Gasteiger partial charge in [0.2, 0.25) is 5.41 Å². The first-order valence-electron chi connectivity index (χ1n) is 6.50. The summed E-state index contributed by atoms with van der Waals surface area (Å²) in [6, 6.07) is 0. The summed E-state index contributed by atoms with van der Waals surface area (Å²) in [5.41, 5.74) is -4.89. The Morgan fingerprint density at radius 2 is 0.964 bits per heavy atom. The number of carbonyl (C=O) groups excluding carboxylic acids is 8. The van der Waals surface area contributed by atoms with E-state index in [0.717, 1.165) is 7.05 Å². The SMILES string of the molecule is CN1C(=O)C2(C1=O)C(=O)N(CN1C(=O)C3(C(=O)[N-]C3=O)C1=O)C2=O.[CH3-].[Y].[Y].[Y]. The van der Waals surface area contributed by atoms with Crippen molar-refractivity contribution in [3.8, 4) is 0 Å². The second kappa shape index (κ2) is 8.19. The third-order valence-corrected chi connectivity index (χ3v) is 4.64. The number of likely N-dealkylation sites (tertiary alicyclic amines) is 3. The molecule has 0 aromatic rings. The summed E-state index contributed by atoms with van der Waals surface area (Å²) in [5, 5.41) is 2.86. The van der Waals surface area contributed by atoms with Crippen LogP contribution in [-0.2, 0) is 136 Å². The Kier molecular flexibility index (Phi) is 8.15. The first kappa shape index (κ1) is 27.9. The van der Waals surface area contributed by atoms with Crippen molar-refractivity contribution in [3.05, 3.63) is 12.7 Å². The molecule has 0 aromatic heterocycles. The molecule has 4 rings (SSSR count). The predicted octanol–water partition coefficient (Wildman–Crippen LogP) is -3.46. The van der Waals surface area contributed by atoms with Gasteiger partial charge in [-0.05, 0) is 0 Å². The smallest absolute Gasteiger partial charge is 0.285 e. The van der Waals surface area contributed by atoms with E-state index in [1.165, 1.54) is 0 Å². The van der Waals surface area contributed by atoms with Crippen LogP contribution in [-0.4, -0.2) is 75.7 Å². The van der Waals surface area contributed by atoms with Gasteiger partial charge in [0.25, 0.3) is 40.9 Å². The average Bonchev–Trinajstić information content (AvgIpc) is 2.55. The molecule has 139 valence electrons. The standard InChI is InChI=1S/C12H6N4O8.CH3.3Y/c1-14-5(19)12(6(14)20)9(23)16(10(12)24)2-15-7(21)11(8(15)22)3(17)13-4(11)18;;;;/h2H2,1H3,(H,13,17,18);1H3;;;/q;-1;;;/p-1. The van der Waals surface area contributed by atoms with Crippen LogP contribution in [0.15, 0.2) is 0 Å². The molecular formula is C13H8N4O8Y3-2. The minimum Gasteiger partial charge on any atom is -0.592 e. The summed E-state index contributed by atoms with van der Waals surface area (Å²) in [4.78, 5) is 95.2. The van der Waals surface area contributed by atoms with Crippen LogP contribution in [0.1, 0.15) is 0 Å². The second-order valence-corrected chi connectivity index (χ2v) is 5.61. The minimum absolute atomic E-state index is 0. The van der Waals surface area contributed by atoms with Crippen molar-refractivity contribution in [2.24, 2.45) is 10.8 Å². The average molecular weight is 615 g/mol. The van der Waals surface area contributed by atoms with Crippen molar-refractivity contribution in [2.45, 2.75) is 0 Å². The Morgan fingerprint density at radius 1 is 0.643 bits per heavy atom. The van der Waals surface area contributed by atoms with Crippen molar-refractivity contribution >= 4 is 47.3 Å². The summed E-state index contributed by atoms with van der Waals surface area (Å²) in [6.45, 7) is -0.871. The van der Waals surface area contributed by atoms with Gasteiger partial charge in [-0.2, -0.15) is 0 Å². The quantitative estimate of drug-likeness (QED) is 0.176. The molecule has 4 fully saturated rings. The monoisotopic (exact) mass is 615 g/mol. The van der Waals surface area contributed by atoms with E-state index < -0.39 is 64.8 Å². The molecule has 0 saturated carbocycles. The summed E-state index contributed by atoms with van der Waals surface area (Å²) < 4.78 is 0. The zero-order valence-electron chi connectivity index (χ0n) is 14.5. The van der Waals surface area contributed by atoms with Gasteiger partial charge in [0.05, 0.1) is 11.8 Å². The number of hydrogen-bond donors (Lipinski definition) is 0. The van der Waals surface area contributed by atoms with Crippen molar-refractivity contribution in [1.82, 2.24) is 14.7 Å². The van der Waals surface area contributed by atoms with E-state index in [1.807, 2.05) is 0 Å². The second-order valence-electron chi connectivity index (χ2n) is 5.61. The summed E-state index contributed by atoms with van der Waals surface area (Å²) in [7, 11) is 1.10. The molecule has 2 spiro atoms. The van der Waals surface area contributed by atoms with Gasteiger partial charge in [0, 0.05) is 105 Å². The number of hydrogen-bond acceptors (Lipinski definition) is 8. The fourth-order valence-corrected chi connectivity index (χ4v) is 3.13. The number of rotatable bonds is 2. The van der Waals surface area contributed by atoms with Gasteiger partial charge in [-0.25, -0.2) is 0 Å². The van der Waals surface area contributed by atoms with Crippen LogP contribution in [0.3, 0.4) is 0 Å². The van der Waals surface area contributed by atoms with E-state index in [4.69, 9.17) is 0 Å². The van der Waals surface area contributed by atoms with E-state index in [-0.39, 0.29) is 106 Å². The normalized spacial score (nSPS) is 22.7. The first-order chi connectivity index (χ1) is 11.1. The Bertz CT molecular complexity index is 821. The van der Waals surface area contributed by atoms with E-state index in [9.17, 15) is 38.4 Å². The Morgan fingerprint density at radius 3 is 1.29 bits per heavy atom. The number of carbonyl (C=O) groups is 8. The van der Waals surface area contributed by atoms with E-state index >= 15 is 0 Å². The Hall–Kier alpha value is -0.128. The molecule has 8 amide bonds. The molecule has 3 radical (unpaired) electrons. The molecule has 12 nitrogen and oxygen atoms in total. The summed E-state index contributed by atoms with van der Waals surface area (Å²) in [6.07, 6.45) is 0. The molecular weight excluding hydrogens is 607 g/mol. The van der Waals surface area contributed by atoms with Gasteiger partial charge in [-0.1, -0.05) is 0 Å². The van der Waals surface area contributed by atoms with Crippen molar-refractivity contribution < 1.29 is 136 Å². The van der Waals surface area contributed by atoms with E-state index in [1.54, 1.807) is 0 Å². The van der Waals surface area contributed by atoms with Crippen LogP contribution in [0.2, 0.25) is 0 Å². The van der Waals surface area contributed by atoms with Gasteiger partial charge in [-0.15, -0.1) is 0 Å². The third-order valence-electron chi connectivity index (χ3n) is 4.64. The van der Waals surface area contributed by atoms with Crippen LogP contribution in [0.5, 0.6) is 0 Å². The molecule has 4 aliphatic rings. The number of nitrogens with zero attached hydrogens (tertiary/aromatic N) is 4. The van der Waals surface area contributed by atoms with Crippen LogP contribution >= 0.6 is 0 Å². The predicted molar refractivity (Wildman–Crippen MR) is 71.0 cm³/mol. The van der Waals surface area contributed by atoms with Crippen LogP contribution in [0.25, 0.3) is 5.32 Å². The molecule has 0 atom stereocenters. The maximum absolute atomic E-state index is 12.0. The van der Waals surface area contributed by atoms with Crippen molar-refractivity contribution in [1.29, 1.82) is 0 Å². The molecule has 0 aromatic carbocycles. The fraction of sp³-hybridized carbons (Fsp3) is 0.308. The van der Waals surface area contributed by atoms with Crippen LogP contribution in [0.4, 0.5) is 0 Å². The van der Waals surface area contributed by atoms with Gasteiger partial charge in [0.1, 0.15) is 6.67 Å². The number of imide groups is 4. The molecule has 4 heterocycles. The molecule has 4 saturated heterocycles. The van der Waals surface area contributed by atoms with Crippen molar-refractivity contribution in [2.75, 3.05) is 13.7 Å².